The van der Waals surface area contributed by atoms with E-state index in [9.17, 15) is 0 Å². The van der Waals surface area contributed by atoms with Crippen LogP contribution in [0, 0.1) is 0 Å². The van der Waals surface area contributed by atoms with Crippen LogP contribution >= 0.6 is 0 Å². The predicted octanol–water partition coefficient (Wildman–Crippen LogP) is 2.37. The van der Waals surface area contributed by atoms with Crippen LogP contribution in [0.3, 0.4) is 0 Å². The van der Waals surface area contributed by atoms with Crippen molar-refractivity contribution in [3.05, 3.63) is 11.8 Å². The Morgan fingerprint density at radius 1 is 1.27 bits per heavy atom. The lowest BCUT2D eigenvalue weighted by Crippen LogP contribution is -2.28. The molecule has 0 aliphatic carbocycles. The molecule has 0 aliphatic rings. The molecular formula is C9H21NSi. The van der Waals surface area contributed by atoms with Crippen LogP contribution in [0.5, 0.6) is 0 Å². The normalized spacial score (nSPS) is 13.3. The molecule has 0 atom stereocenters. The van der Waals surface area contributed by atoms with E-state index in [1.54, 1.807) is 0 Å². The lowest BCUT2D eigenvalue weighted by Gasteiger charge is -2.20. The zero-order chi connectivity index (χ0) is 8.91. The molecule has 0 unspecified atom stereocenters. The van der Waals surface area contributed by atoms with Gasteiger partial charge in [-0.1, -0.05) is 24.9 Å². The first-order valence-corrected chi connectivity index (χ1v) is 7.55. The van der Waals surface area contributed by atoms with E-state index in [0.717, 1.165) is 0 Å². The molecule has 1 nitrogen and oxygen atoms in total. The lowest BCUT2D eigenvalue weighted by molar-refractivity contribution is 0.431. The SMILES string of the molecule is C/C=C\[Si](C)(C)CCN(C)C. The van der Waals surface area contributed by atoms with E-state index >= 15 is 0 Å². The van der Waals surface area contributed by atoms with E-state index < -0.39 is 8.07 Å². The van der Waals surface area contributed by atoms with Gasteiger partial charge in [-0.25, -0.2) is 0 Å². The minimum Gasteiger partial charge on any atom is -0.310 e. The van der Waals surface area contributed by atoms with Crippen LogP contribution in [0.4, 0.5) is 0 Å². The van der Waals surface area contributed by atoms with Gasteiger partial charge in [0, 0.05) is 0 Å². The maximum absolute atomic E-state index is 2.41. The molecule has 0 fully saturated rings. The quantitative estimate of drug-likeness (QED) is 0.587. The molecule has 2 heteroatoms. The van der Waals surface area contributed by atoms with E-state index in [-0.39, 0.29) is 0 Å². The highest BCUT2D eigenvalue weighted by atomic mass is 28.3. The van der Waals surface area contributed by atoms with Gasteiger partial charge >= 0.3 is 0 Å². The first-order valence-electron chi connectivity index (χ1n) is 4.26. The molecule has 0 saturated heterocycles. The Balaban J connectivity index is 3.72. The van der Waals surface area contributed by atoms with Gasteiger partial charge in [-0.2, -0.15) is 0 Å². The second kappa shape index (κ2) is 4.73. The zero-order valence-corrected chi connectivity index (χ0v) is 9.52. The molecule has 0 bridgehead atoms. The minimum absolute atomic E-state index is 0.988. The van der Waals surface area contributed by atoms with Crippen molar-refractivity contribution in [1.29, 1.82) is 0 Å². The fraction of sp³-hybridized carbons (Fsp3) is 0.778. The average molecular weight is 171 g/mol. The maximum atomic E-state index is 2.41. The molecule has 0 aromatic carbocycles. The molecule has 0 saturated carbocycles. The highest BCUT2D eigenvalue weighted by Gasteiger charge is 2.15. The molecule has 0 N–H and O–H groups in total. The number of hydrogen-bond acceptors (Lipinski definition) is 1. The van der Waals surface area contributed by atoms with Crippen molar-refractivity contribution >= 4 is 8.07 Å². The Labute approximate surface area is 72.1 Å². The fourth-order valence-electron chi connectivity index (χ4n) is 1.05. The van der Waals surface area contributed by atoms with Crippen molar-refractivity contribution in [1.82, 2.24) is 4.90 Å². The molecule has 11 heavy (non-hydrogen) atoms. The van der Waals surface area contributed by atoms with E-state index in [4.69, 9.17) is 0 Å². The molecule has 0 radical (unpaired) electrons. The summed E-state index contributed by atoms with van der Waals surface area (Å²) >= 11 is 0. The summed E-state index contributed by atoms with van der Waals surface area (Å²) in [6.45, 7) is 8.17. The summed E-state index contributed by atoms with van der Waals surface area (Å²) in [4.78, 5) is 2.26. The van der Waals surface area contributed by atoms with Gasteiger partial charge in [0.1, 0.15) is 0 Å². The Bertz CT molecular complexity index is 128. The third-order valence-corrected chi connectivity index (χ3v) is 4.57. The van der Waals surface area contributed by atoms with Crippen LogP contribution in [0.25, 0.3) is 0 Å². The molecule has 66 valence electrons. The average Bonchev–Trinajstić information content (AvgIpc) is 1.84. The van der Waals surface area contributed by atoms with E-state index in [1.165, 1.54) is 12.6 Å². The van der Waals surface area contributed by atoms with Gasteiger partial charge in [0.15, 0.2) is 0 Å². The van der Waals surface area contributed by atoms with Crippen molar-refractivity contribution in [2.75, 3.05) is 20.6 Å². The Morgan fingerprint density at radius 3 is 2.18 bits per heavy atom. The summed E-state index contributed by atoms with van der Waals surface area (Å²) in [5.74, 6) is 0. The van der Waals surface area contributed by atoms with Crippen LogP contribution in [0.1, 0.15) is 6.92 Å². The smallest absolute Gasteiger partial charge is 0.0725 e. The van der Waals surface area contributed by atoms with Crippen LogP contribution in [0.15, 0.2) is 11.8 Å². The summed E-state index contributed by atoms with van der Waals surface area (Å²) in [6, 6.07) is 1.37. The molecule has 0 heterocycles. The second-order valence-corrected chi connectivity index (χ2v) is 8.85. The monoisotopic (exact) mass is 171 g/mol. The number of nitrogens with zero attached hydrogens (tertiary/aromatic N) is 1. The van der Waals surface area contributed by atoms with Gasteiger partial charge in [0.05, 0.1) is 8.07 Å². The summed E-state index contributed by atoms with van der Waals surface area (Å²) in [7, 11) is 3.29. The molecule has 0 amide bonds. The highest BCUT2D eigenvalue weighted by molar-refractivity contribution is 6.82. The number of allylic oxidation sites excluding steroid dienone is 1. The topological polar surface area (TPSA) is 3.24 Å². The van der Waals surface area contributed by atoms with Crippen molar-refractivity contribution in [3.8, 4) is 0 Å². The largest absolute Gasteiger partial charge is 0.310 e. The summed E-state index contributed by atoms with van der Waals surface area (Å²) in [5.41, 5.74) is 2.41. The molecular weight excluding hydrogens is 150 g/mol. The Hall–Kier alpha value is -0.0831. The van der Waals surface area contributed by atoms with Crippen molar-refractivity contribution in [2.45, 2.75) is 26.1 Å². The molecule has 0 rings (SSSR count). The lowest BCUT2D eigenvalue weighted by atomic mass is 10.7. The first-order chi connectivity index (χ1) is 4.98. The Morgan fingerprint density at radius 2 is 1.82 bits per heavy atom. The van der Waals surface area contributed by atoms with Crippen LogP contribution in [0.2, 0.25) is 19.1 Å². The maximum Gasteiger partial charge on any atom is 0.0725 e. The van der Waals surface area contributed by atoms with Gasteiger partial charge < -0.3 is 4.90 Å². The van der Waals surface area contributed by atoms with E-state index in [2.05, 4.69) is 50.8 Å². The predicted molar refractivity (Wildman–Crippen MR) is 55.7 cm³/mol. The standard InChI is InChI=1S/C9H21NSi/c1-6-8-11(4,5)9-7-10(2)3/h6,8H,7,9H2,1-5H3/b8-6-. The van der Waals surface area contributed by atoms with Gasteiger partial charge in [0.2, 0.25) is 0 Å². The summed E-state index contributed by atoms with van der Waals surface area (Å²) in [5, 5.41) is 0. The van der Waals surface area contributed by atoms with E-state index in [1.807, 2.05) is 0 Å². The van der Waals surface area contributed by atoms with Gasteiger partial charge in [-0.15, -0.1) is 0 Å². The van der Waals surface area contributed by atoms with Gasteiger partial charge in [-0.05, 0) is 33.6 Å². The van der Waals surface area contributed by atoms with Crippen LogP contribution in [-0.4, -0.2) is 33.6 Å². The van der Waals surface area contributed by atoms with Gasteiger partial charge in [-0.3, -0.25) is 0 Å². The number of rotatable bonds is 4. The highest BCUT2D eigenvalue weighted by Crippen LogP contribution is 2.10. The van der Waals surface area contributed by atoms with E-state index in [0.29, 0.717) is 0 Å². The molecule has 0 aromatic heterocycles. The molecule has 0 aromatic rings. The van der Waals surface area contributed by atoms with Crippen molar-refractivity contribution < 1.29 is 0 Å². The number of hydrogen-bond donors (Lipinski definition) is 0. The zero-order valence-electron chi connectivity index (χ0n) is 8.52. The first kappa shape index (κ1) is 10.9. The second-order valence-electron chi connectivity index (χ2n) is 4.04. The summed E-state index contributed by atoms with van der Waals surface area (Å²) < 4.78 is 0. The molecule has 0 spiro atoms. The summed E-state index contributed by atoms with van der Waals surface area (Å²) in [6.07, 6.45) is 2.20. The Kier molecular flexibility index (Phi) is 4.69. The fourth-order valence-corrected chi connectivity index (χ4v) is 3.14. The third-order valence-electron chi connectivity index (χ3n) is 1.82. The van der Waals surface area contributed by atoms with Crippen molar-refractivity contribution in [2.24, 2.45) is 0 Å². The minimum atomic E-state index is -0.988. The van der Waals surface area contributed by atoms with Crippen LogP contribution < -0.4 is 0 Å². The van der Waals surface area contributed by atoms with Crippen LogP contribution in [-0.2, 0) is 0 Å². The third kappa shape index (κ3) is 6.32. The molecule has 0 aliphatic heterocycles. The van der Waals surface area contributed by atoms with Gasteiger partial charge in [0.25, 0.3) is 0 Å². The van der Waals surface area contributed by atoms with Crippen molar-refractivity contribution in [3.63, 3.8) is 0 Å².